The van der Waals surface area contributed by atoms with Crippen molar-refractivity contribution in [1.82, 2.24) is 0 Å². The Morgan fingerprint density at radius 3 is 3.07 bits per heavy atom. The van der Waals surface area contributed by atoms with Gasteiger partial charge in [0.05, 0.1) is 0 Å². The Labute approximate surface area is 84.5 Å². The van der Waals surface area contributed by atoms with Gasteiger partial charge < -0.3 is 9.69 Å². The van der Waals surface area contributed by atoms with E-state index in [1.165, 1.54) is 11.3 Å². The lowest BCUT2D eigenvalue weighted by Crippen LogP contribution is -2.27. The van der Waals surface area contributed by atoms with Crippen LogP contribution in [-0.4, -0.2) is 19.9 Å². The maximum absolute atomic E-state index is 10.6. The second-order valence-electron chi connectivity index (χ2n) is 3.87. The molecule has 2 nitrogen and oxygen atoms in total. The molecule has 0 aliphatic carbocycles. The fourth-order valence-corrected chi connectivity index (χ4v) is 2.17. The number of hydrogen-bond acceptors (Lipinski definition) is 2. The molecule has 1 atom stereocenters. The van der Waals surface area contributed by atoms with Crippen molar-refractivity contribution in [3.05, 3.63) is 29.8 Å². The molecule has 14 heavy (non-hydrogen) atoms. The number of para-hydroxylation sites is 1. The highest BCUT2D eigenvalue weighted by atomic mass is 16.1. The normalized spacial score (nSPS) is 20.4. The molecule has 74 valence electrons. The van der Waals surface area contributed by atoms with E-state index in [0.29, 0.717) is 12.3 Å². The minimum atomic E-state index is 0.430. The molecule has 0 saturated carbocycles. The standard InChI is InChI=1S/C12H15NO/c1-13-8-6-10(7-9-14)11-4-2-3-5-12(11)13/h2-5,9-10H,6-8H2,1H3. The summed E-state index contributed by atoms with van der Waals surface area (Å²) in [6.45, 7) is 1.05. The van der Waals surface area contributed by atoms with E-state index in [-0.39, 0.29) is 0 Å². The molecule has 0 N–H and O–H groups in total. The number of carbonyl (C=O) groups is 1. The lowest BCUT2D eigenvalue weighted by Gasteiger charge is -2.32. The van der Waals surface area contributed by atoms with E-state index in [9.17, 15) is 4.79 Å². The Morgan fingerprint density at radius 1 is 1.50 bits per heavy atom. The first-order valence-electron chi connectivity index (χ1n) is 5.06. The van der Waals surface area contributed by atoms with Gasteiger partial charge >= 0.3 is 0 Å². The minimum Gasteiger partial charge on any atom is -0.374 e. The Hall–Kier alpha value is -1.31. The lowest BCUT2D eigenvalue weighted by atomic mass is 9.88. The van der Waals surface area contributed by atoms with E-state index < -0.39 is 0 Å². The third-order valence-corrected chi connectivity index (χ3v) is 2.98. The predicted octanol–water partition coefficient (Wildman–Crippen LogP) is 2.20. The number of hydrogen-bond donors (Lipinski definition) is 0. The maximum Gasteiger partial charge on any atom is 0.120 e. The van der Waals surface area contributed by atoms with Crippen molar-refractivity contribution in [2.24, 2.45) is 0 Å². The van der Waals surface area contributed by atoms with Crippen LogP contribution in [0.3, 0.4) is 0 Å². The van der Waals surface area contributed by atoms with Crippen molar-refractivity contribution >= 4 is 12.0 Å². The first-order chi connectivity index (χ1) is 6.83. The molecule has 0 fully saturated rings. The number of carbonyl (C=O) groups excluding carboxylic acids is 1. The number of benzene rings is 1. The quantitative estimate of drug-likeness (QED) is 0.665. The molecule has 1 aromatic carbocycles. The largest absolute Gasteiger partial charge is 0.374 e. The first-order valence-corrected chi connectivity index (χ1v) is 5.06. The predicted molar refractivity (Wildman–Crippen MR) is 57.8 cm³/mol. The zero-order chi connectivity index (χ0) is 9.97. The summed E-state index contributed by atoms with van der Waals surface area (Å²) in [4.78, 5) is 12.8. The highest BCUT2D eigenvalue weighted by molar-refractivity contribution is 5.60. The molecule has 1 aliphatic heterocycles. The zero-order valence-electron chi connectivity index (χ0n) is 8.44. The van der Waals surface area contributed by atoms with Crippen LogP contribution in [0.25, 0.3) is 0 Å². The summed E-state index contributed by atoms with van der Waals surface area (Å²) in [7, 11) is 2.11. The van der Waals surface area contributed by atoms with E-state index in [4.69, 9.17) is 0 Å². The van der Waals surface area contributed by atoms with Crippen molar-refractivity contribution in [3.8, 4) is 0 Å². The van der Waals surface area contributed by atoms with Crippen LogP contribution in [0.2, 0.25) is 0 Å². The van der Waals surface area contributed by atoms with E-state index in [1.54, 1.807) is 0 Å². The summed E-state index contributed by atoms with van der Waals surface area (Å²) in [5, 5.41) is 0. The Morgan fingerprint density at radius 2 is 2.29 bits per heavy atom. The average Bonchev–Trinajstić information content (AvgIpc) is 2.23. The van der Waals surface area contributed by atoms with Gasteiger partial charge in [-0.1, -0.05) is 18.2 Å². The monoisotopic (exact) mass is 189 g/mol. The van der Waals surface area contributed by atoms with Gasteiger partial charge in [-0.05, 0) is 24.0 Å². The molecule has 1 heterocycles. The van der Waals surface area contributed by atoms with E-state index in [2.05, 4.69) is 36.2 Å². The fourth-order valence-electron chi connectivity index (χ4n) is 2.17. The highest BCUT2D eigenvalue weighted by Crippen LogP contribution is 2.35. The molecule has 1 aromatic rings. The molecule has 0 spiro atoms. The van der Waals surface area contributed by atoms with Crippen LogP contribution in [0.1, 0.15) is 24.3 Å². The van der Waals surface area contributed by atoms with Crippen LogP contribution >= 0.6 is 0 Å². The highest BCUT2D eigenvalue weighted by Gasteiger charge is 2.21. The van der Waals surface area contributed by atoms with Crippen molar-refractivity contribution in [2.75, 3.05) is 18.5 Å². The summed E-state index contributed by atoms with van der Waals surface area (Å²) in [5.74, 6) is 0.430. The topological polar surface area (TPSA) is 20.3 Å². The lowest BCUT2D eigenvalue weighted by molar-refractivity contribution is -0.108. The molecular formula is C12H15NO. The van der Waals surface area contributed by atoms with Gasteiger partial charge in [0, 0.05) is 25.7 Å². The zero-order valence-corrected chi connectivity index (χ0v) is 8.44. The van der Waals surface area contributed by atoms with Crippen LogP contribution < -0.4 is 4.90 Å². The number of rotatable bonds is 2. The van der Waals surface area contributed by atoms with Crippen molar-refractivity contribution in [3.63, 3.8) is 0 Å². The van der Waals surface area contributed by atoms with Gasteiger partial charge in [0.25, 0.3) is 0 Å². The van der Waals surface area contributed by atoms with Crippen molar-refractivity contribution in [2.45, 2.75) is 18.8 Å². The Balaban J connectivity index is 2.36. The second-order valence-corrected chi connectivity index (χ2v) is 3.87. The maximum atomic E-state index is 10.6. The number of nitrogens with zero attached hydrogens (tertiary/aromatic N) is 1. The first kappa shape index (κ1) is 9.25. The molecule has 1 unspecified atom stereocenters. The van der Waals surface area contributed by atoms with Gasteiger partial charge in [-0.25, -0.2) is 0 Å². The Bertz CT molecular complexity index is 335. The number of fused-ring (bicyclic) bond motifs is 1. The number of aldehydes is 1. The Kier molecular flexibility index (Phi) is 2.53. The molecular weight excluding hydrogens is 174 g/mol. The van der Waals surface area contributed by atoms with Crippen LogP contribution in [0.5, 0.6) is 0 Å². The van der Waals surface area contributed by atoms with Crippen molar-refractivity contribution < 1.29 is 4.79 Å². The summed E-state index contributed by atoms with van der Waals surface area (Å²) in [5.41, 5.74) is 2.61. The molecule has 0 radical (unpaired) electrons. The molecule has 0 amide bonds. The third kappa shape index (κ3) is 1.52. The minimum absolute atomic E-state index is 0.430. The van der Waals surface area contributed by atoms with Gasteiger partial charge in [-0.3, -0.25) is 0 Å². The summed E-state index contributed by atoms with van der Waals surface area (Å²) < 4.78 is 0. The SMILES string of the molecule is CN1CCC(CC=O)c2ccccc21. The molecule has 0 saturated heterocycles. The summed E-state index contributed by atoms with van der Waals surface area (Å²) >= 11 is 0. The van der Waals surface area contributed by atoms with E-state index in [0.717, 1.165) is 19.3 Å². The van der Waals surface area contributed by atoms with Gasteiger partial charge in [0.1, 0.15) is 6.29 Å². The van der Waals surface area contributed by atoms with E-state index >= 15 is 0 Å². The summed E-state index contributed by atoms with van der Waals surface area (Å²) in [6.07, 6.45) is 2.78. The van der Waals surface area contributed by atoms with E-state index in [1.807, 2.05) is 0 Å². The number of anilines is 1. The van der Waals surface area contributed by atoms with Crippen LogP contribution in [0.15, 0.2) is 24.3 Å². The smallest absolute Gasteiger partial charge is 0.120 e. The van der Waals surface area contributed by atoms with Crippen LogP contribution in [-0.2, 0) is 4.79 Å². The van der Waals surface area contributed by atoms with Crippen LogP contribution in [0, 0.1) is 0 Å². The third-order valence-electron chi connectivity index (χ3n) is 2.98. The molecule has 2 heteroatoms. The summed E-state index contributed by atoms with van der Waals surface area (Å²) in [6, 6.07) is 8.37. The van der Waals surface area contributed by atoms with Gasteiger partial charge in [0.2, 0.25) is 0 Å². The average molecular weight is 189 g/mol. The van der Waals surface area contributed by atoms with Gasteiger partial charge in [-0.15, -0.1) is 0 Å². The second kappa shape index (κ2) is 3.82. The molecule has 2 rings (SSSR count). The van der Waals surface area contributed by atoms with Crippen molar-refractivity contribution in [1.29, 1.82) is 0 Å². The van der Waals surface area contributed by atoms with Gasteiger partial charge in [-0.2, -0.15) is 0 Å². The fraction of sp³-hybridized carbons (Fsp3) is 0.417. The van der Waals surface area contributed by atoms with Crippen LogP contribution in [0.4, 0.5) is 5.69 Å². The molecule has 1 aliphatic rings. The molecule has 0 aromatic heterocycles. The molecule has 0 bridgehead atoms. The van der Waals surface area contributed by atoms with Gasteiger partial charge in [0.15, 0.2) is 0 Å².